The molecule has 0 radical (unpaired) electrons. The lowest BCUT2D eigenvalue weighted by atomic mass is 9.86. The van der Waals surface area contributed by atoms with E-state index in [1.54, 1.807) is 60.9 Å². The minimum Gasteiger partial charge on any atom is -0.462 e. The molecule has 1 fully saturated rings. The van der Waals surface area contributed by atoms with Gasteiger partial charge in [0, 0.05) is 18.3 Å². The van der Waals surface area contributed by atoms with Crippen LogP contribution in [0.4, 0.5) is 0 Å². The van der Waals surface area contributed by atoms with Crippen LogP contribution in [0.1, 0.15) is 48.3 Å². The molecule has 3 aromatic rings. The van der Waals surface area contributed by atoms with Crippen molar-refractivity contribution in [1.29, 1.82) is 0 Å². The Balaban J connectivity index is 1.52. The zero-order chi connectivity index (χ0) is 22.9. The Morgan fingerprint density at radius 3 is 2.09 bits per heavy atom. The maximum atomic E-state index is 13.4. The number of esters is 1. The van der Waals surface area contributed by atoms with Gasteiger partial charge in [0.25, 0.3) is 0 Å². The Morgan fingerprint density at radius 2 is 1.52 bits per heavy atom. The van der Waals surface area contributed by atoms with Crippen molar-refractivity contribution in [2.45, 2.75) is 37.2 Å². The van der Waals surface area contributed by atoms with Gasteiger partial charge in [-0.1, -0.05) is 67.1 Å². The van der Waals surface area contributed by atoms with Crippen molar-refractivity contribution in [3.05, 3.63) is 96.1 Å². The number of hydrogen-bond acceptors (Lipinski definition) is 6. The smallest absolute Gasteiger partial charge is 0.347 e. The Morgan fingerprint density at radius 1 is 0.939 bits per heavy atom. The first-order valence-corrected chi connectivity index (χ1v) is 11.7. The van der Waals surface area contributed by atoms with Crippen LogP contribution in [0, 0.1) is 0 Å². The second-order valence-corrected chi connectivity index (χ2v) is 8.60. The molecule has 6 heteroatoms. The van der Waals surface area contributed by atoms with E-state index >= 15 is 0 Å². The first-order chi connectivity index (χ1) is 16.2. The fourth-order valence-corrected chi connectivity index (χ4v) is 4.43. The first kappa shape index (κ1) is 23.1. The van der Waals surface area contributed by atoms with E-state index in [1.807, 2.05) is 12.1 Å². The summed E-state index contributed by atoms with van der Waals surface area (Å²) in [5.41, 5.74) is 0.0149. The van der Waals surface area contributed by atoms with Crippen molar-refractivity contribution in [2.75, 3.05) is 26.2 Å². The third-order valence-corrected chi connectivity index (χ3v) is 6.39. The van der Waals surface area contributed by atoms with E-state index in [-0.39, 0.29) is 12.5 Å². The maximum Gasteiger partial charge on any atom is 0.347 e. The SMILES string of the molecule is O=C(OC[C@H](CCN1CCCCC1)c1cncnc1)C(O)(c1ccccc1)c1ccccc1. The molecule has 1 atom stereocenters. The van der Waals surface area contributed by atoms with Crippen LogP contribution >= 0.6 is 0 Å². The number of aliphatic hydroxyl groups is 1. The van der Waals surface area contributed by atoms with E-state index in [2.05, 4.69) is 14.9 Å². The molecule has 172 valence electrons. The van der Waals surface area contributed by atoms with Gasteiger partial charge in [-0.15, -0.1) is 0 Å². The van der Waals surface area contributed by atoms with Crippen molar-refractivity contribution in [3.8, 4) is 0 Å². The molecule has 1 N–H and O–H groups in total. The van der Waals surface area contributed by atoms with Crippen LogP contribution < -0.4 is 0 Å². The van der Waals surface area contributed by atoms with Gasteiger partial charge in [-0.25, -0.2) is 14.8 Å². The van der Waals surface area contributed by atoms with E-state index in [4.69, 9.17) is 4.74 Å². The van der Waals surface area contributed by atoms with Gasteiger partial charge in [-0.05, 0) is 55.6 Å². The summed E-state index contributed by atoms with van der Waals surface area (Å²) in [5, 5.41) is 11.6. The number of likely N-dealkylation sites (tertiary alicyclic amines) is 1. The molecule has 0 unspecified atom stereocenters. The van der Waals surface area contributed by atoms with Gasteiger partial charge in [0.1, 0.15) is 6.33 Å². The summed E-state index contributed by atoms with van der Waals surface area (Å²) in [6, 6.07) is 17.9. The van der Waals surface area contributed by atoms with Crippen LogP contribution in [0.2, 0.25) is 0 Å². The number of carbonyl (C=O) groups excluding carboxylic acids is 1. The van der Waals surface area contributed by atoms with Gasteiger partial charge in [0.15, 0.2) is 0 Å². The lowest BCUT2D eigenvalue weighted by Gasteiger charge is -2.30. The summed E-state index contributed by atoms with van der Waals surface area (Å²) >= 11 is 0. The van der Waals surface area contributed by atoms with E-state index < -0.39 is 11.6 Å². The number of carbonyl (C=O) groups is 1. The molecule has 1 aliphatic rings. The number of nitrogens with zero attached hydrogens (tertiary/aromatic N) is 3. The lowest BCUT2D eigenvalue weighted by Crippen LogP contribution is -2.39. The molecule has 0 bridgehead atoms. The first-order valence-electron chi connectivity index (χ1n) is 11.7. The molecule has 0 amide bonds. The molecular weight excluding hydrogens is 414 g/mol. The van der Waals surface area contributed by atoms with Crippen molar-refractivity contribution in [1.82, 2.24) is 14.9 Å². The van der Waals surface area contributed by atoms with Gasteiger partial charge >= 0.3 is 5.97 Å². The zero-order valence-electron chi connectivity index (χ0n) is 18.8. The molecular formula is C27H31N3O3. The summed E-state index contributed by atoms with van der Waals surface area (Å²) < 4.78 is 5.81. The fraction of sp³-hybridized carbons (Fsp3) is 0.370. The summed E-state index contributed by atoms with van der Waals surface area (Å²) in [4.78, 5) is 24.2. The highest BCUT2D eigenvalue weighted by molar-refractivity contribution is 5.85. The second kappa shape index (κ2) is 11.2. The minimum atomic E-state index is -1.88. The van der Waals surface area contributed by atoms with Gasteiger partial charge in [0.2, 0.25) is 5.60 Å². The third-order valence-electron chi connectivity index (χ3n) is 6.39. The quantitative estimate of drug-likeness (QED) is 0.503. The standard InChI is InChI=1S/C27H31N3O3/c31-26(27(32,24-10-4-1-5-11-24)25-12-6-2-7-13-25)33-20-22(23-18-28-21-29-19-23)14-17-30-15-8-3-9-16-30/h1-2,4-7,10-13,18-19,21-22,32H,3,8-9,14-17,20H2/t22-/m0/s1. The number of hydrogen-bond donors (Lipinski definition) is 1. The van der Waals surface area contributed by atoms with Crippen LogP contribution in [0.3, 0.4) is 0 Å². The number of benzene rings is 2. The van der Waals surface area contributed by atoms with Gasteiger partial charge in [0.05, 0.1) is 6.61 Å². The van der Waals surface area contributed by atoms with Crippen molar-refractivity contribution >= 4 is 5.97 Å². The normalized spacial score (nSPS) is 15.7. The third kappa shape index (κ3) is 5.64. The molecule has 0 aliphatic carbocycles. The van der Waals surface area contributed by atoms with E-state index in [0.29, 0.717) is 11.1 Å². The number of piperidine rings is 1. The van der Waals surface area contributed by atoms with E-state index in [9.17, 15) is 9.90 Å². The predicted octanol–water partition coefficient (Wildman–Crippen LogP) is 3.92. The maximum absolute atomic E-state index is 13.4. The molecule has 1 aromatic heterocycles. The van der Waals surface area contributed by atoms with Crippen LogP contribution in [-0.4, -0.2) is 52.2 Å². The molecule has 0 spiro atoms. The molecule has 6 nitrogen and oxygen atoms in total. The summed E-state index contributed by atoms with van der Waals surface area (Å²) in [6.45, 7) is 3.31. The van der Waals surface area contributed by atoms with Gasteiger partial charge in [-0.3, -0.25) is 0 Å². The Labute approximate surface area is 195 Å². The highest BCUT2D eigenvalue weighted by Gasteiger charge is 2.42. The minimum absolute atomic E-state index is 0.0483. The monoisotopic (exact) mass is 445 g/mol. The van der Waals surface area contributed by atoms with Gasteiger partial charge in [-0.2, -0.15) is 0 Å². The summed E-state index contributed by atoms with van der Waals surface area (Å²) in [6.07, 6.45) is 9.65. The Bertz CT molecular complexity index is 953. The molecule has 2 aromatic carbocycles. The van der Waals surface area contributed by atoms with Crippen LogP contribution in [0.15, 0.2) is 79.4 Å². The molecule has 1 saturated heterocycles. The molecule has 0 saturated carbocycles. The molecule has 4 rings (SSSR count). The fourth-order valence-electron chi connectivity index (χ4n) is 4.43. The number of aromatic nitrogens is 2. The van der Waals surface area contributed by atoms with Gasteiger partial charge < -0.3 is 14.7 Å². The number of rotatable bonds is 9. The van der Waals surface area contributed by atoms with Crippen molar-refractivity contribution in [2.24, 2.45) is 0 Å². The van der Waals surface area contributed by atoms with Crippen molar-refractivity contribution < 1.29 is 14.6 Å². The molecule has 33 heavy (non-hydrogen) atoms. The average molecular weight is 446 g/mol. The largest absolute Gasteiger partial charge is 0.462 e. The van der Waals surface area contributed by atoms with E-state index in [1.165, 1.54) is 25.6 Å². The van der Waals surface area contributed by atoms with Crippen LogP contribution in [0.5, 0.6) is 0 Å². The number of ether oxygens (including phenoxy) is 1. The summed E-state index contributed by atoms with van der Waals surface area (Å²) in [5.74, 6) is -0.729. The molecule has 2 heterocycles. The molecule has 1 aliphatic heterocycles. The lowest BCUT2D eigenvalue weighted by molar-refractivity contribution is -0.162. The predicted molar refractivity (Wildman–Crippen MR) is 127 cm³/mol. The topological polar surface area (TPSA) is 75.5 Å². The highest BCUT2D eigenvalue weighted by Crippen LogP contribution is 2.32. The Hall–Kier alpha value is -3.09. The summed E-state index contributed by atoms with van der Waals surface area (Å²) in [7, 11) is 0. The second-order valence-electron chi connectivity index (χ2n) is 8.60. The van der Waals surface area contributed by atoms with Crippen LogP contribution in [0.25, 0.3) is 0 Å². The van der Waals surface area contributed by atoms with Crippen molar-refractivity contribution in [3.63, 3.8) is 0 Å². The average Bonchev–Trinajstić information content (AvgIpc) is 2.90. The van der Waals surface area contributed by atoms with Crippen LogP contribution in [-0.2, 0) is 15.1 Å². The van der Waals surface area contributed by atoms with E-state index in [0.717, 1.165) is 31.6 Å². The highest BCUT2D eigenvalue weighted by atomic mass is 16.5. The Kier molecular flexibility index (Phi) is 7.81. The zero-order valence-corrected chi connectivity index (χ0v) is 18.8.